The van der Waals surface area contributed by atoms with E-state index in [1.54, 1.807) is 6.92 Å². The zero-order valence-corrected chi connectivity index (χ0v) is 17.2. The number of ether oxygens (including phenoxy) is 3. The topological polar surface area (TPSA) is 163 Å². The number of benzene rings is 2. The molecular formula is C22H22O10. The Morgan fingerprint density at radius 2 is 1.69 bits per heavy atom. The van der Waals surface area contributed by atoms with E-state index in [9.17, 15) is 35.1 Å². The third-order valence-electron chi connectivity index (χ3n) is 5.69. The molecule has 0 unspecified atom stereocenters. The summed E-state index contributed by atoms with van der Waals surface area (Å²) in [5.74, 6) is -1.65. The summed E-state index contributed by atoms with van der Waals surface area (Å²) in [4.78, 5) is 26.3. The van der Waals surface area contributed by atoms with Crippen molar-refractivity contribution in [1.82, 2.24) is 0 Å². The van der Waals surface area contributed by atoms with Crippen molar-refractivity contribution < 1.29 is 49.3 Å². The number of aliphatic hydroxyl groups excluding tert-OH is 4. The quantitative estimate of drug-likeness (QED) is 0.358. The van der Waals surface area contributed by atoms with E-state index in [0.717, 1.165) is 0 Å². The second-order valence-corrected chi connectivity index (χ2v) is 7.65. The first-order valence-corrected chi connectivity index (χ1v) is 9.81. The van der Waals surface area contributed by atoms with Crippen molar-refractivity contribution in [2.75, 3.05) is 13.7 Å². The van der Waals surface area contributed by atoms with Crippen molar-refractivity contribution >= 4 is 11.6 Å². The number of aromatic hydroxyl groups is 1. The van der Waals surface area contributed by atoms with Gasteiger partial charge in [-0.15, -0.1) is 0 Å². The second-order valence-electron chi connectivity index (χ2n) is 7.65. The molecule has 10 heteroatoms. The van der Waals surface area contributed by atoms with E-state index in [0.29, 0.717) is 5.56 Å². The molecule has 1 saturated heterocycles. The molecular weight excluding hydrogens is 424 g/mol. The lowest BCUT2D eigenvalue weighted by Gasteiger charge is -2.40. The minimum atomic E-state index is -1.69. The summed E-state index contributed by atoms with van der Waals surface area (Å²) >= 11 is 0. The van der Waals surface area contributed by atoms with E-state index in [-0.39, 0.29) is 39.5 Å². The van der Waals surface area contributed by atoms with Crippen LogP contribution in [0.25, 0.3) is 0 Å². The van der Waals surface area contributed by atoms with Crippen molar-refractivity contribution in [2.24, 2.45) is 0 Å². The lowest BCUT2D eigenvalue weighted by atomic mass is 9.82. The van der Waals surface area contributed by atoms with Crippen LogP contribution in [0.4, 0.5) is 0 Å². The fourth-order valence-electron chi connectivity index (χ4n) is 4.03. The van der Waals surface area contributed by atoms with Crippen molar-refractivity contribution in [1.29, 1.82) is 0 Å². The number of ketones is 2. The van der Waals surface area contributed by atoms with Gasteiger partial charge in [0.05, 0.1) is 24.8 Å². The predicted octanol–water partition coefficient (Wildman–Crippen LogP) is -0.337. The van der Waals surface area contributed by atoms with Crippen molar-refractivity contribution in [3.05, 3.63) is 52.1 Å². The van der Waals surface area contributed by atoms with Gasteiger partial charge in [-0.05, 0) is 24.6 Å². The van der Waals surface area contributed by atoms with Gasteiger partial charge in [0.15, 0.2) is 17.3 Å². The summed E-state index contributed by atoms with van der Waals surface area (Å²) in [7, 11) is 1.26. The smallest absolute Gasteiger partial charge is 0.229 e. The van der Waals surface area contributed by atoms with Crippen LogP contribution in [0.3, 0.4) is 0 Å². The van der Waals surface area contributed by atoms with Crippen LogP contribution in [-0.4, -0.2) is 81.5 Å². The van der Waals surface area contributed by atoms with E-state index < -0.39 is 48.9 Å². The number of fused-ring (bicyclic) bond motifs is 2. The normalized spacial score (nSPS) is 27.0. The Labute approximate surface area is 182 Å². The molecule has 0 radical (unpaired) electrons. The Hall–Kier alpha value is -3.02. The molecule has 0 amide bonds. The summed E-state index contributed by atoms with van der Waals surface area (Å²) < 4.78 is 16.5. The van der Waals surface area contributed by atoms with Crippen LogP contribution in [0.1, 0.15) is 37.4 Å². The maximum absolute atomic E-state index is 13.2. The van der Waals surface area contributed by atoms with E-state index in [2.05, 4.69) is 0 Å². The van der Waals surface area contributed by atoms with Gasteiger partial charge in [-0.25, -0.2) is 0 Å². The fraction of sp³-hybridized carbons (Fsp3) is 0.364. The number of aliphatic hydroxyl groups is 4. The number of hydrogen-bond donors (Lipinski definition) is 5. The number of phenolic OH excluding ortho intramolecular Hbond substituents is 1. The lowest BCUT2D eigenvalue weighted by Crippen LogP contribution is -2.60. The molecule has 0 spiro atoms. The second kappa shape index (κ2) is 8.15. The molecule has 0 bridgehead atoms. The number of hydrogen-bond acceptors (Lipinski definition) is 10. The molecule has 1 aliphatic heterocycles. The van der Waals surface area contributed by atoms with Crippen LogP contribution in [0, 0.1) is 6.92 Å². The van der Waals surface area contributed by atoms with Crippen LogP contribution in [-0.2, 0) is 4.74 Å². The minimum Gasteiger partial charge on any atom is -0.507 e. The number of phenols is 1. The Kier molecular flexibility index (Phi) is 5.65. The van der Waals surface area contributed by atoms with Crippen LogP contribution in [0.2, 0.25) is 0 Å². The molecule has 2 aromatic rings. The Morgan fingerprint density at radius 3 is 2.34 bits per heavy atom. The first-order chi connectivity index (χ1) is 15.2. The van der Waals surface area contributed by atoms with Crippen LogP contribution < -0.4 is 9.47 Å². The first-order valence-electron chi connectivity index (χ1n) is 9.81. The highest BCUT2D eigenvalue weighted by atomic mass is 16.7. The molecule has 2 aliphatic rings. The Balaban J connectivity index is 1.81. The highest BCUT2D eigenvalue weighted by Crippen LogP contribution is 2.44. The average molecular weight is 446 g/mol. The Morgan fingerprint density at radius 1 is 0.969 bits per heavy atom. The van der Waals surface area contributed by atoms with E-state index in [1.807, 2.05) is 0 Å². The monoisotopic (exact) mass is 446 g/mol. The van der Waals surface area contributed by atoms with Crippen molar-refractivity contribution in [3.63, 3.8) is 0 Å². The number of methoxy groups -OCH3 is 1. The van der Waals surface area contributed by atoms with Gasteiger partial charge in [0, 0.05) is 11.1 Å². The molecule has 0 aromatic heterocycles. The van der Waals surface area contributed by atoms with E-state index in [4.69, 9.17) is 14.2 Å². The van der Waals surface area contributed by atoms with Crippen molar-refractivity contribution in [3.8, 4) is 17.2 Å². The molecule has 4 rings (SSSR count). The van der Waals surface area contributed by atoms with Gasteiger partial charge in [-0.2, -0.15) is 0 Å². The van der Waals surface area contributed by atoms with Gasteiger partial charge >= 0.3 is 0 Å². The third-order valence-corrected chi connectivity index (χ3v) is 5.69. The molecule has 10 nitrogen and oxygen atoms in total. The summed E-state index contributed by atoms with van der Waals surface area (Å²) in [6.45, 7) is 0.937. The Bertz CT molecular complexity index is 1090. The zero-order valence-electron chi connectivity index (χ0n) is 17.2. The summed E-state index contributed by atoms with van der Waals surface area (Å²) in [6.07, 6.45) is -7.64. The molecule has 1 fully saturated rings. The molecule has 2 aromatic carbocycles. The van der Waals surface area contributed by atoms with Gasteiger partial charge < -0.3 is 39.7 Å². The molecule has 1 aliphatic carbocycles. The highest BCUT2D eigenvalue weighted by molar-refractivity contribution is 6.30. The molecule has 170 valence electrons. The molecule has 5 atom stereocenters. The molecule has 32 heavy (non-hydrogen) atoms. The number of carbonyl (C=O) groups is 2. The highest BCUT2D eigenvalue weighted by Gasteiger charge is 2.45. The predicted molar refractivity (Wildman–Crippen MR) is 107 cm³/mol. The maximum Gasteiger partial charge on any atom is 0.229 e. The third kappa shape index (κ3) is 3.24. The van der Waals surface area contributed by atoms with Gasteiger partial charge in [0.1, 0.15) is 30.2 Å². The lowest BCUT2D eigenvalue weighted by molar-refractivity contribution is -0.277. The largest absolute Gasteiger partial charge is 0.507 e. The minimum absolute atomic E-state index is 0.0457. The summed E-state index contributed by atoms with van der Waals surface area (Å²) in [6, 6.07) is 5.62. The fourth-order valence-corrected chi connectivity index (χ4v) is 4.03. The molecule has 5 N–H and O–H groups in total. The molecule has 0 saturated carbocycles. The van der Waals surface area contributed by atoms with Crippen LogP contribution >= 0.6 is 0 Å². The number of carbonyl (C=O) groups excluding carboxylic acids is 2. The van der Waals surface area contributed by atoms with Gasteiger partial charge in [-0.1, -0.05) is 12.1 Å². The standard InChI is InChI=1S/C22H22O10/c1-8-6-10-14(17(27)13-9(15(10)25)4-3-5-11(13)24)21(30-2)20(8)32-22-19(29)18(28)16(26)12(7-23)31-22/h3-6,12,16,18-19,22-24,26,28-29H,7H2,1-2H3/t12-,16+,18+,19-,22-/m1/s1. The van der Waals surface area contributed by atoms with Crippen LogP contribution in [0.15, 0.2) is 24.3 Å². The number of aryl methyl sites for hydroxylation is 1. The summed E-state index contributed by atoms with van der Waals surface area (Å²) in [5.41, 5.74) is 0.195. The molecule has 1 heterocycles. The van der Waals surface area contributed by atoms with E-state index >= 15 is 0 Å². The maximum atomic E-state index is 13.2. The zero-order chi connectivity index (χ0) is 23.3. The average Bonchev–Trinajstić information content (AvgIpc) is 2.78. The van der Waals surface area contributed by atoms with Gasteiger partial charge in [-0.3, -0.25) is 9.59 Å². The first kappa shape index (κ1) is 22.2. The van der Waals surface area contributed by atoms with Crippen molar-refractivity contribution in [2.45, 2.75) is 37.6 Å². The van der Waals surface area contributed by atoms with Gasteiger partial charge in [0.2, 0.25) is 12.1 Å². The summed E-state index contributed by atoms with van der Waals surface area (Å²) in [5, 5.41) is 49.9. The van der Waals surface area contributed by atoms with Crippen LogP contribution in [0.5, 0.6) is 17.2 Å². The van der Waals surface area contributed by atoms with E-state index in [1.165, 1.54) is 31.4 Å². The SMILES string of the molecule is COc1c(O[C@H]2O[C@H](CO)[C@H](O)[C@H](O)[C@H]2O)c(C)cc2c1C(=O)c1c(O)cccc1C2=O. The van der Waals surface area contributed by atoms with Gasteiger partial charge in [0.25, 0.3) is 0 Å². The number of rotatable bonds is 4.